The highest BCUT2D eigenvalue weighted by molar-refractivity contribution is 7.85. The van der Waals surface area contributed by atoms with Gasteiger partial charge in [-0.25, -0.2) is 0 Å². The Labute approximate surface area is 111 Å². The van der Waals surface area contributed by atoms with Gasteiger partial charge in [0.25, 0.3) is 10.1 Å². The number of carbonyl (C=O) groups excluding carboxylic acids is 1. The van der Waals surface area contributed by atoms with Gasteiger partial charge in [0.15, 0.2) is 0 Å². The quantitative estimate of drug-likeness (QED) is 0.510. The predicted molar refractivity (Wildman–Crippen MR) is 69.2 cm³/mol. The molecule has 0 saturated heterocycles. The topological polar surface area (TPSA) is 130 Å². The Hall–Kier alpha value is -1.64. The molecule has 1 atom stereocenters. The van der Waals surface area contributed by atoms with Gasteiger partial charge < -0.3 is 16.2 Å². The maximum absolute atomic E-state index is 11.5. The van der Waals surface area contributed by atoms with E-state index in [-0.39, 0.29) is 18.7 Å². The van der Waals surface area contributed by atoms with E-state index in [0.29, 0.717) is 0 Å². The van der Waals surface area contributed by atoms with Crippen molar-refractivity contribution >= 4 is 16.0 Å². The van der Waals surface area contributed by atoms with Gasteiger partial charge in [-0.3, -0.25) is 9.35 Å². The highest BCUT2D eigenvalue weighted by Gasteiger charge is 2.14. The van der Waals surface area contributed by atoms with Crippen LogP contribution in [0.5, 0.6) is 5.75 Å². The summed E-state index contributed by atoms with van der Waals surface area (Å²) in [6.45, 7) is -0.194. The molecule has 0 aliphatic carbocycles. The van der Waals surface area contributed by atoms with Crippen LogP contribution < -0.4 is 11.1 Å². The van der Waals surface area contributed by atoms with Crippen LogP contribution in [-0.2, 0) is 21.3 Å². The van der Waals surface area contributed by atoms with Crippen LogP contribution in [0.2, 0.25) is 0 Å². The SMILES string of the molecule is N[C@H](Cc1ccc(O)cc1)C(=O)NCCS(=O)(=O)O. The van der Waals surface area contributed by atoms with Crippen LogP contribution >= 0.6 is 0 Å². The number of nitrogens with one attached hydrogen (secondary N) is 1. The maximum Gasteiger partial charge on any atom is 0.266 e. The van der Waals surface area contributed by atoms with Crippen molar-refractivity contribution < 1.29 is 22.9 Å². The number of phenolic OH excluding ortho intramolecular Hbond substituents is 1. The lowest BCUT2D eigenvalue weighted by Gasteiger charge is -2.12. The fourth-order valence-corrected chi connectivity index (χ4v) is 1.77. The standard InChI is InChI=1S/C11H16N2O5S/c12-10(7-8-1-3-9(14)4-2-8)11(15)13-5-6-19(16,17)18/h1-4,10,14H,5-7,12H2,(H,13,15)(H,16,17,18)/t10-/m1/s1. The number of phenols is 1. The van der Waals surface area contributed by atoms with Gasteiger partial charge in [0.1, 0.15) is 5.75 Å². The number of aromatic hydroxyl groups is 1. The van der Waals surface area contributed by atoms with E-state index in [0.717, 1.165) is 5.56 Å². The Bertz CT molecular complexity index is 527. The minimum absolute atomic E-state index is 0.120. The lowest BCUT2D eigenvalue weighted by atomic mass is 10.1. The summed E-state index contributed by atoms with van der Waals surface area (Å²) in [5, 5.41) is 11.4. The van der Waals surface area contributed by atoms with E-state index in [4.69, 9.17) is 15.4 Å². The molecular formula is C11H16N2O5S. The second-order valence-electron chi connectivity index (χ2n) is 4.05. The predicted octanol–water partition coefficient (Wildman–Crippen LogP) is -0.734. The van der Waals surface area contributed by atoms with E-state index in [9.17, 15) is 13.2 Å². The number of carbonyl (C=O) groups is 1. The van der Waals surface area contributed by atoms with Crippen LogP contribution in [0, 0.1) is 0 Å². The summed E-state index contributed by atoms with van der Waals surface area (Å²) in [5.74, 6) is -0.934. The molecule has 0 fully saturated rings. The van der Waals surface area contributed by atoms with Crippen molar-refractivity contribution in [3.05, 3.63) is 29.8 Å². The fraction of sp³-hybridized carbons (Fsp3) is 0.364. The lowest BCUT2D eigenvalue weighted by Crippen LogP contribution is -2.43. The van der Waals surface area contributed by atoms with Crippen LogP contribution in [0.3, 0.4) is 0 Å². The first-order chi connectivity index (χ1) is 8.78. The van der Waals surface area contributed by atoms with Crippen LogP contribution in [-0.4, -0.2) is 42.3 Å². The van der Waals surface area contributed by atoms with Gasteiger partial charge in [0, 0.05) is 6.54 Å². The van der Waals surface area contributed by atoms with Crippen molar-refractivity contribution in [2.45, 2.75) is 12.5 Å². The average molecular weight is 288 g/mol. The van der Waals surface area contributed by atoms with Gasteiger partial charge in [0.05, 0.1) is 11.8 Å². The molecule has 0 radical (unpaired) electrons. The molecule has 5 N–H and O–H groups in total. The fourth-order valence-electron chi connectivity index (χ4n) is 1.41. The van der Waals surface area contributed by atoms with Crippen LogP contribution in [0.1, 0.15) is 5.56 Å². The van der Waals surface area contributed by atoms with Crippen LogP contribution in [0.25, 0.3) is 0 Å². The summed E-state index contributed by atoms with van der Waals surface area (Å²) < 4.78 is 29.4. The highest BCUT2D eigenvalue weighted by Crippen LogP contribution is 2.10. The molecule has 0 saturated carbocycles. The zero-order chi connectivity index (χ0) is 14.5. The first kappa shape index (κ1) is 15.4. The molecule has 0 aliphatic heterocycles. The first-order valence-corrected chi connectivity index (χ1v) is 7.15. The third-order valence-electron chi connectivity index (χ3n) is 2.39. The summed E-state index contributed by atoms with van der Waals surface area (Å²) in [6, 6.07) is 5.42. The molecule has 0 spiro atoms. The van der Waals surface area contributed by atoms with Gasteiger partial charge in [-0.1, -0.05) is 12.1 Å². The minimum atomic E-state index is -4.09. The van der Waals surface area contributed by atoms with E-state index >= 15 is 0 Å². The zero-order valence-corrected chi connectivity index (χ0v) is 10.9. The van der Waals surface area contributed by atoms with E-state index in [1.807, 2.05) is 0 Å². The van der Waals surface area contributed by atoms with Crippen molar-refractivity contribution in [2.24, 2.45) is 5.73 Å². The molecule has 0 heterocycles. The summed E-state index contributed by atoms with van der Waals surface area (Å²) in [4.78, 5) is 11.5. The van der Waals surface area contributed by atoms with Crippen molar-refractivity contribution in [3.63, 3.8) is 0 Å². The maximum atomic E-state index is 11.5. The van der Waals surface area contributed by atoms with Crippen molar-refractivity contribution in [1.29, 1.82) is 0 Å². The molecule has 0 aromatic heterocycles. The second kappa shape index (κ2) is 6.50. The Morgan fingerprint density at radius 3 is 2.42 bits per heavy atom. The summed E-state index contributed by atoms with van der Waals surface area (Å²) in [5.41, 5.74) is 6.42. The molecule has 106 valence electrons. The Balaban J connectivity index is 2.42. The molecule has 1 aromatic rings. The van der Waals surface area contributed by atoms with Gasteiger partial charge in [0.2, 0.25) is 5.91 Å². The molecule has 1 rings (SSSR count). The van der Waals surface area contributed by atoms with E-state index in [2.05, 4.69) is 5.32 Å². The molecule has 1 aromatic carbocycles. The summed E-state index contributed by atoms with van der Waals surface area (Å²) >= 11 is 0. The van der Waals surface area contributed by atoms with E-state index < -0.39 is 27.8 Å². The van der Waals surface area contributed by atoms with Crippen molar-refractivity contribution in [2.75, 3.05) is 12.3 Å². The van der Waals surface area contributed by atoms with E-state index in [1.165, 1.54) is 12.1 Å². The minimum Gasteiger partial charge on any atom is -0.508 e. The van der Waals surface area contributed by atoms with Gasteiger partial charge in [-0.05, 0) is 24.1 Å². The number of hydrogen-bond acceptors (Lipinski definition) is 5. The van der Waals surface area contributed by atoms with E-state index in [1.54, 1.807) is 12.1 Å². The molecule has 8 heteroatoms. The molecule has 0 aliphatic rings. The molecule has 1 amide bonds. The molecule has 0 bridgehead atoms. The first-order valence-electron chi connectivity index (χ1n) is 5.54. The largest absolute Gasteiger partial charge is 0.508 e. The molecular weight excluding hydrogens is 272 g/mol. The highest BCUT2D eigenvalue weighted by atomic mass is 32.2. The smallest absolute Gasteiger partial charge is 0.266 e. The van der Waals surface area contributed by atoms with Crippen LogP contribution in [0.4, 0.5) is 0 Å². The number of nitrogens with two attached hydrogens (primary N) is 1. The normalized spacial score (nSPS) is 12.9. The monoisotopic (exact) mass is 288 g/mol. The third kappa shape index (κ3) is 6.18. The Kier molecular flexibility index (Phi) is 5.28. The third-order valence-corrected chi connectivity index (χ3v) is 3.11. The zero-order valence-electron chi connectivity index (χ0n) is 10.1. The van der Waals surface area contributed by atoms with Gasteiger partial charge >= 0.3 is 0 Å². The number of hydrogen-bond donors (Lipinski definition) is 4. The molecule has 0 unspecified atom stereocenters. The molecule has 19 heavy (non-hydrogen) atoms. The number of benzene rings is 1. The second-order valence-corrected chi connectivity index (χ2v) is 5.63. The van der Waals surface area contributed by atoms with Crippen molar-refractivity contribution in [3.8, 4) is 5.75 Å². The Morgan fingerprint density at radius 1 is 1.32 bits per heavy atom. The van der Waals surface area contributed by atoms with Gasteiger partial charge in [-0.2, -0.15) is 8.42 Å². The lowest BCUT2D eigenvalue weighted by molar-refractivity contribution is -0.122. The van der Waals surface area contributed by atoms with Crippen LogP contribution in [0.15, 0.2) is 24.3 Å². The van der Waals surface area contributed by atoms with Crippen molar-refractivity contribution in [1.82, 2.24) is 5.32 Å². The number of amides is 1. The average Bonchev–Trinajstić information content (AvgIpc) is 2.30. The summed E-state index contributed by atoms with van der Waals surface area (Å²) in [7, 11) is -4.09. The van der Waals surface area contributed by atoms with Gasteiger partial charge in [-0.15, -0.1) is 0 Å². The summed E-state index contributed by atoms with van der Waals surface area (Å²) in [6.07, 6.45) is 0.262. The number of rotatable bonds is 6. The molecule has 7 nitrogen and oxygen atoms in total. The Morgan fingerprint density at radius 2 is 1.89 bits per heavy atom.